The van der Waals surface area contributed by atoms with Crippen molar-refractivity contribution in [2.75, 3.05) is 31.1 Å². The largest absolute Gasteiger partial charge is 0.371 e. The average molecular weight is 274 g/mol. The molecule has 1 heterocycles. The molecule has 1 aromatic carbocycles. The van der Waals surface area contributed by atoms with E-state index < -0.39 is 0 Å². The Labute approximate surface area is 124 Å². The minimum atomic E-state index is 0.198. The molecule has 2 unspecified atom stereocenters. The van der Waals surface area contributed by atoms with E-state index in [1.165, 1.54) is 11.3 Å². The number of nitrogens with zero attached hydrogens (tertiary/aromatic N) is 1. The number of para-hydroxylation sites is 1. The Morgan fingerprint density at radius 2 is 1.55 bits per heavy atom. The fourth-order valence-electron chi connectivity index (χ4n) is 3.11. The number of benzene rings is 1. The molecule has 1 aliphatic heterocycles. The summed E-state index contributed by atoms with van der Waals surface area (Å²) in [7, 11) is 0. The van der Waals surface area contributed by atoms with Crippen LogP contribution in [0.15, 0.2) is 24.3 Å². The minimum absolute atomic E-state index is 0.198. The van der Waals surface area contributed by atoms with Gasteiger partial charge in [-0.1, -0.05) is 52.8 Å². The van der Waals surface area contributed by atoms with Crippen molar-refractivity contribution in [2.45, 2.75) is 40.0 Å². The Balaban J connectivity index is 2.32. The van der Waals surface area contributed by atoms with Crippen LogP contribution in [-0.4, -0.2) is 26.2 Å². The van der Waals surface area contributed by atoms with E-state index in [4.69, 9.17) is 0 Å². The molecule has 1 aromatic rings. The summed E-state index contributed by atoms with van der Waals surface area (Å²) in [4.78, 5) is 2.61. The first-order valence-electron chi connectivity index (χ1n) is 7.93. The second-order valence-electron chi connectivity index (χ2n) is 7.54. The maximum absolute atomic E-state index is 3.58. The first-order valence-corrected chi connectivity index (χ1v) is 7.93. The topological polar surface area (TPSA) is 15.3 Å². The molecule has 0 aromatic heterocycles. The summed E-state index contributed by atoms with van der Waals surface area (Å²) >= 11 is 0. The van der Waals surface area contributed by atoms with Gasteiger partial charge in [-0.2, -0.15) is 0 Å². The third kappa shape index (κ3) is 3.76. The predicted molar refractivity (Wildman–Crippen MR) is 88.6 cm³/mol. The Hall–Kier alpha value is -1.02. The second kappa shape index (κ2) is 6.17. The van der Waals surface area contributed by atoms with Crippen molar-refractivity contribution in [2.24, 2.45) is 11.8 Å². The average Bonchev–Trinajstić information content (AvgIpc) is 2.35. The molecule has 1 aliphatic rings. The number of nitrogens with one attached hydrogen (secondary N) is 1. The van der Waals surface area contributed by atoms with Crippen molar-refractivity contribution >= 4 is 5.69 Å². The Kier molecular flexibility index (Phi) is 4.74. The lowest BCUT2D eigenvalue weighted by Crippen LogP contribution is -2.43. The molecule has 1 fully saturated rings. The Morgan fingerprint density at radius 1 is 1.00 bits per heavy atom. The molecule has 0 spiro atoms. The van der Waals surface area contributed by atoms with Gasteiger partial charge in [0.05, 0.1) is 0 Å². The molecule has 0 bridgehead atoms. The first-order chi connectivity index (χ1) is 9.38. The molecule has 112 valence electrons. The number of hydrogen-bond acceptors (Lipinski definition) is 2. The van der Waals surface area contributed by atoms with Crippen molar-refractivity contribution in [3.63, 3.8) is 0 Å². The smallest absolute Gasteiger partial charge is 0.0404 e. The summed E-state index contributed by atoms with van der Waals surface area (Å²) in [5, 5.41) is 3.58. The van der Waals surface area contributed by atoms with Crippen LogP contribution >= 0.6 is 0 Å². The zero-order valence-corrected chi connectivity index (χ0v) is 13.7. The van der Waals surface area contributed by atoms with E-state index >= 15 is 0 Å². The summed E-state index contributed by atoms with van der Waals surface area (Å²) in [6.07, 6.45) is 0. The fraction of sp³-hybridized carbons (Fsp3) is 0.667. The summed E-state index contributed by atoms with van der Waals surface area (Å²) in [6, 6.07) is 8.94. The predicted octanol–water partition coefficient (Wildman–Crippen LogP) is 3.67. The van der Waals surface area contributed by atoms with Crippen LogP contribution in [-0.2, 0) is 5.41 Å². The second-order valence-corrected chi connectivity index (χ2v) is 7.54. The Bertz CT molecular complexity index is 421. The molecule has 2 atom stereocenters. The van der Waals surface area contributed by atoms with Crippen LogP contribution in [0.2, 0.25) is 0 Å². The maximum Gasteiger partial charge on any atom is 0.0404 e. The van der Waals surface area contributed by atoms with Crippen LogP contribution in [0.5, 0.6) is 0 Å². The quantitative estimate of drug-likeness (QED) is 0.840. The molecule has 20 heavy (non-hydrogen) atoms. The molecule has 0 radical (unpaired) electrons. The molecule has 0 amide bonds. The van der Waals surface area contributed by atoms with Crippen LogP contribution in [0.3, 0.4) is 0 Å². The van der Waals surface area contributed by atoms with E-state index in [-0.39, 0.29) is 5.41 Å². The minimum Gasteiger partial charge on any atom is -0.371 e. The van der Waals surface area contributed by atoms with Gasteiger partial charge in [0.25, 0.3) is 0 Å². The molecule has 2 nitrogen and oxygen atoms in total. The van der Waals surface area contributed by atoms with Crippen molar-refractivity contribution < 1.29 is 0 Å². The molecular formula is C18H30N2. The van der Waals surface area contributed by atoms with E-state index in [1.54, 1.807) is 0 Å². The number of hydrogen-bond donors (Lipinski definition) is 1. The highest BCUT2D eigenvalue weighted by Crippen LogP contribution is 2.32. The number of rotatable bonds is 1. The SMILES string of the molecule is CC1CNCC(C)CN(c2ccccc2C(C)(C)C)C1. The third-order valence-corrected chi connectivity index (χ3v) is 4.10. The van der Waals surface area contributed by atoms with Gasteiger partial charge in [-0.3, -0.25) is 0 Å². The zero-order chi connectivity index (χ0) is 14.8. The van der Waals surface area contributed by atoms with Crippen molar-refractivity contribution in [3.05, 3.63) is 29.8 Å². The van der Waals surface area contributed by atoms with Crippen LogP contribution < -0.4 is 10.2 Å². The highest BCUT2D eigenvalue weighted by Gasteiger charge is 2.23. The maximum atomic E-state index is 3.58. The normalized spacial score (nSPS) is 25.1. The third-order valence-electron chi connectivity index (χ3n) is 4.10. The Morgan fingerprint density at radius 3 is 2.10 bits per heavy atom. The van der Waals surface area contributed by atoms with Crippen LogP contribution in [0.4, 0.5) is 5.69 Å². The molecule has 2 heteroatoms. The molecule has 0 aliphatic carbocycles. The molecule has 1 N–H and O–H groups in total. The molecule has 0 saturated carbocycles. The van der Waals surface area contributed by atoms with Crippen LogP contribution in [0.25, 0.3) is 0 Å². The first kappa shape index (κ1) is 15.4. The monoisotopic (exact) mass is 274 g/mol. The van der Waals surface area contributed by atoms with Gasteiger partial charge < -0.3 is 10.2 Å². The number of anilines is 1. The van der Waals surface area contributed by atoms with Crippen molar-refractivity contribution in [1.82, 2.24) is 5.32 Å². The van der Waals surface area contributed by atoms with E-state index in [0.717, 1.165) is 26.2 Å². The standard InChI is InChI=1S/C18H30N2/c1-14-10-19-11-15(2)13-20(12-14)17-9-7-6-8-16(17)18(3,4)5/h6-9,14-15,19H,10-13H2,1-5H3. The van der Waals surface area contributed by atoms with Gasteiger partial charge in [0.2, 0.25) is 0 Å². The van der Waals surface area contributed by atoms with Gasteiger partial charge in [0.15, 0.2) is 0 Å². The summed E-state index contributed by atoms with van der Waals surface area (Å²) in [5.41, 5.74) is 3.09. The molecule has 1 saturated heterocycles. The van der Waals surface area contributed by atoms with E-state index in [2.05, 4.69) is 69.1 Å². The highest BCUT2D eigenvalue weighted by atomic mass is 15.1. The molecule has 2 rings (SSSR count). The summed E-state index contributed by atoms with van der Waals surface area (Å²) in [5.74, 6) is 1.38. The van der Waals surface area contributed by atoms with Crippen molar-refractivity contribution in [1.29, 1.82) is 0 Å². The zero-order valence-electron chi connectivity index (χ0n) is 13.7. The van der Waals surface area contributed by atoms with E-state index in [0.29, 0.717) is 11.8 Å². The summed E-state index contributed by atoms with van der Waals surface area (Å²) in [6.45, 7) is 16.1. The van der Waals surface area contributed by atoms with Gasteiger partial charge >= 0.3 is 0 Å². The van der Waals surface area contributed by atoms with Gasteiger partial charge in [-0.05, 0) is 42.0 Å². The summed E-state index contributed by atoms with van der Waals surface area (Å²) < 4.78 is 0. The van der Waals surface area contributed by atoms with Gasteiger partial charge in [0.1, 0.15) is 0 Å². The highest BCUT2D eigenvalue weighted by molar-refractivity contribution is 5.56. The van der Waals surface area contributed by atoms with Gasteiger partial charge in [-0.15, -0.1) is 0 Å². The van der Waals surface area contributed by atoms with E-state index in [9.17, 15) is 0 Å². The van der Waals surface area contributed by atoms with Gasteiger partial charge in [-0.25, -0.2) is 0 Å². The lowest BCUT2D eigenvalue weighted by molar-refractivity contribution is 0.409. The molecular weight excluding hydrogens is 244 g/mol. The lowest BCUT2D eigenvalue weighted by atomic mass is 9.85. The lowest BCUT2D eigenvalue weighted by Gasteiger charge is -2.36. The van der Waals surface area contributed by atoms with Gasteiger partial charge in [0, 0.05) is 18.8 Å². The van der Waals surface area contributed by atoms with E-state index in [1.807, 2.05) is 0 Å². The van der Waals surface area contributed by atoms with Crippen LogP contribution in [0, 0.1) is 11.8 Å². The fourth-order valence-corrected chi connectivity index (χ4v) is 3.11. The van der Waals surface area contributed by atoms with Crippen molar-refractivity contribution in [3.8, 4) is 0 Å². The van der Waals surface area contributed by atoms with Crippen LogP contribution in [0.1, 0.15) is 40.2 Å².